The Labute approximate surface area is 132 Å². The van der Waals surface area contributed by atoms with Gasteiger partial charge in [0.25, 0.3) is 0 Å². The monoisotopic (exact) mass is 361 g/mol. The molecule has 3 atom stereocenters. The molecule has 0 saturated heterocycles. The molecule has 2 nitrogen and oxygen atoms in total. The van der Waals surface area contributed by atoms with Gasteiger partial charge in [-0.1, -0.05) is 15.9 Å². The fourth-order valence-electron chi connectivity index (χ4n) is 4.99. The Kier molecular flexibility index (Phi) is 6.98. The summed E-state index contributed by atoms with van der Waals surface area (Å²) in [5.74, 6) is 3.13. The second-order valence-corrected chi connectivity index (χ2v) is 7.60. The van der Waals surface area contributed by atoms with Gasteiger partial charge in [0, 0.05) is 11.4 Å². The van der Waals surface area contributed by atoms with Crippen molar-refractivity contribution in [3.05, 3.63) is 0 Å². The van der Waals surface area contributed by atoms with Crippen LogP contribution in [0.25, 0.3) is 0 Å². The van der Waals surface area contributed by atoms with Crippen molar-refractivity contribution >= 4 is 40.7 Å². The third-order valence-electron chi connectivity index (χ3n) is 4.96. The topological polar surface area (TPSA) is 34.7 Å². The van der Waals surface area contributed by atoms with Crippen LogP contribution in [0.15, 0.2) is 0 Å². The molecule has 3 unspecified atom stereocenters. The lowest BCUT2D eigenvalue weighted by atomic mass is 9.49. The van der Waals surface area contributed by atoms with Crippen LogP contribution in [0.2, 0.25) is 0 Å². The maximum absolute atomic E-state index is 4.04. The summed E-state index contributed by atoms with van der Waals surface area (Å²) in [4.78, 5) is 3.21. The Morgan fingerprint density at radius 1 is 1.06 bits per heavy atom. The Balaban J connectivity index is 0.000000963. The molecule has 4 fully saturated rings. The molecule has 0 spiro atoms. The molecule has 0 aliphatic heterocycles. The van der Waals surface area contributed by atoms with Gasteiger partial charge in [0.1, 0.15) is 0 Å². The van der Waals surface area contributed by atoms with E-state index in [0.29, 0.717) is 5.41 Å². The lowest BCUT2D eigenvalue weighted by molar-refractivity contribution is -0.0541. The van der Waals surface area contributed by atoms with Crippen LogP contribution in [0.4, 0.5) is 0 Å². The first-order valence-corrected chi connectivity index (χ1v) is 7.29. The third kappa shape index (κ3) is 3.01. The predicted molar refractivity (Wildman–Crippen MR) is 85.4 cm³/mol. The van der Waals surface area contributed by atoms with Crippen molar-refractivity contribution in [3.63, 3.8) is 0 Å². The Morgan fingerprint density at radius 3 is 2.00 bits per heavy atom. The largest absolute Gasteiger partial charge is 0.412 e. The zero-order valence-electron chi connectivity index (χ0n) is 11.2. The van der Waals surface area contributed by atoms with Gasteiger partial charge in [-0.15, -0.1) is 24.8 Å². The number of hydrogen-bond acceptors (Lipinski definition) is 1. The average Bonchev–Trinajstić information content (AvgIpc) is 2.11. The summed E-state index contributed by atoms with van der Waals surface area (Å²) >= 11 is 4.04. The summed E-state index contributed by atoms with van der Waals surface area (Å²) in [5, 5.41) is 0. The predicted octanol–water partition coefficient (Wildman–Crippen LogP) is 3.16. The number of halogens is 3. The van der Waals surface area contributed by atoms with Crippen LogP contribution in [-0.4, -0.2) is 35.8 Å². The fourth-order valence-corrected chi connectivity index (χ4v) is 5.94. The first-order chi connectivity index (χ1) is 7.09. The van der Waals surface area contributed by atoms with Gasteiger partial charge in [0.2, 0.25) is 0 Å². The van der Waals surface area contributed by atoms with Crippen LogP contribution in [0.3, 0.4) is 0 Å². The number of hydrogen-bond donors (Lipinski definition) is 0. The molecule has 0 aromatic rings. The highest BCUT2D eigenvalue weighted by Crippen LogP contribution is 2.62. The standard InChI is InChI=1S/C13H22BrN.2ClH.H2O/c1-15(2)8-13-6-9-3-10(7-13)5-11(4-9)12(13)14;;;/h9-12H,3-8H2,1-2H3;2*1H;1H2. The van der Waals surface area contributed by atoms with Gasteiger partial charge in [-0.25, -0.2) is 0 Å². The van der Waals surface area contributed by atoms with Gasteiger partial charge < -0.3 is 10.4 Å². The lowest BCUT2D eigenvalue weighted by Gasteiger charge is -2.60. The summed E-state index contributed by atoms with van der Waals surface area (Å²) in [6, 6.07) is 0. The molecule has 4 aliphatic rings. The van der Waals surface area contributed by atoms with Crippen LogP contribution in [0, 0.1) is 23.2 Å². The maximum Gasteiger partial charge on any atom is 0.0243 e. The maximum atomic E-state index is 4.04. The van der Waals surface area contributed by atoms with E-state index in [4.69, 9.17) is 0 Å². The van der Waals surface area contributed by atoms with E-state index in [1.807, 2.05) is 0 Å². The summed E-state index contributed by atoms with van der Waals surface area (Å²) in [5.41, 5.74) is 0.623. The smallest absolute Gasteiger partial charge is 0.0243 e. The molecule has 4 saturated carbocycles. The van der Waals surface area contributed by atoms with Gasteiger partial charge in [0.15, 0.2) is 0 Å². The van der Waals surface area contributed by atoms with Crippen molar-refractivity contribution in [3.8, 4) is 0 Å². The molecule has 0 amide bonds. The van der Waals surface area contributed by atoms with Crippen LogP contribution in [-0.2, 0) is 0 Å². The van der Waals surface area contributed by atoms with Gasteiger partial charge in [0.05, 0.1) is 0 Å². The zero-order valence-corrected chi connectivity index (χ0v) is 14.4. The number of alkyl halides is 1. The second kappa shape index (κ2) is 6.62. The van der Waals surface area contributed by atoms with Crippen LogP contribution < -0.4 is 0 Å². The van der Waals surface area contributed by atoms with E-state index in [2.05, 4.69) is 34.9 Å². The highest BCUT2D eigenvalue weighted by atomic mass is 79.9. The molecule has 0 aromatic heterocycles. The molecule has 0 radical (unpaired) electrons. The fraction of sp³-hybridized carbons (Fsp3) is 1.00. The van der Waals surface area contributed by atoms with Crippen molar-refractivity contribution in [2.24, 2.45) is 23.2 Å². The third-order valence-corrected chi connectivity index (χ3v) is 6.68. The number of rotatable bonds is 2. The molecule has 18 heavy (non-hydrogen) atoms. The van der Waals surface area contributed by atoms with Crippen molar-refractivity contribution in [2.45, 2.75) is 36.9 Å². The van der Waals surface area contributed by atoms with Gasteiger partial charge in [-0.05, 0) is 69.4 Å². The lowest BCUT2D eigenvalue weighted by Crippen LogP contribution is -2.57. The van der Waals surface area contributed by atoms with E-state index >= 15 is 0 Å². The molecule has 2 N–H and O–H groups in total. The minimum Gasteiger partial charge on any atom is -0.412 e. The molecular weight excluding hydrogens is 337 g/mol. The SMILES string of the molecule is CN(C)CC12CC3CC(CC(C3)C1Br)C2.Cl.Cl.O. The Hall–Kier alpha value is 0.980. The van der Waals surface area contributed by atoms with Crippen molar-refractivity contribution in [1.29, 1.82) is 0 Å². The van der Waals surface area contributed by atoms with Crippen LogP contribution in [0.1, 0.15) is 32.1 Å². The summed E-state index contributed by atoms with van der Waals surface area (Å²) in [7, 11) is 4.47. The normalized spacial score (nSPS) is 44.0. The highest BCUT2D eigenvalue weighted by Gasteiger charge is 2.55. The highest BCUT2D eigenvalue weighted by molar-refractivity contribution is 9.09. The second-order valence-electron chi connectivity index (χ2n) is 6.61. The molecule has 5 heteroatoms. The van der Waals surface area contributed by atoms with Crippen molar-refractivity contribution in [1.82, 2.24) is 4.90 Å². The molecule has 4 aliphatic carbocycles. The van der Waals surface area contributed by atoms with Crippen LogP contribution >= 0.6 is 40.7 Å². The van der Waals surface area contributed by atoms with Gasteiger partial charge in [-0.2, -0.15) is 0 Å². The summed E-state index contributed by atoms with van der Waals surface area (Å²) in [6.45, 7) is 1.30. The molecule has 0 aromatic carbocycles. The van der Waals surface area contributed by atoms with E-state index < -0.39 is 0 Å². The minimum atomic E-state index is 0. The molecule has 110 valence electrons. The first-order valence-electron chi connectivity index (χ1n) is 6.38. The van der Waals surface area contributed by atoms with Gasteiger partial charge >= 0.3 is 0 Å². The summed E-state index contributed by atoms with van der Waals surface area (Å²) < 4.78 is 0. The quantitative estimate of drug-likeness (QED) is 0.695. The van der Waals surface area contributed by atoms with E-state index in [0.717, 1.165) is 22.6 Å². The summed E-state index contributed by atoms with van der Waals surface area (Å²) in [6.07, 6.45) is 7.57. The first kappa shape index (κ1) is 19.0. The Morgan fingerprint density at radius 2 is 1.56 bits per heavy atom. The van der Waals surface area contributed by atoms with E-state index in [9.17, 15) is 0 Å². The van der Waals surface area contributed by atoms with Gasteiger partial charge in [-0.3, -0.25) is 0 Å². The number of nitrogens with zero attached hydrogens (tertiary/aromatic N) is 1. The van der Waals surface area contributed by atoms with Crippen molar-refractivity contribution in [2.75, 3.05) is 20.6 Å². The minimum absolute atomic E-state index is 0. The van der Waals surface area contributed by atoms with E-state index in [1.54, 1.807) is 6.42 Å². The molecule has 4 rings (SSSR count). The van der Waals surface area contributed by atoms with E-state index in [-0.39, 0.29) is 30.3 Å². The Bertz CT molecular complexity index is 258. The molecular formula is C13H26BrCl2NO. The van der Waals surface area contributed by atoms with E-state index in [1.165, 1.54) is 32.2 Å². The van der Waals surface area contributed by atoms with Crippen LogP contribution in [0.5, 0.6) is 0 Å². The van der Waals surface area contributed by atoms with Crippen molar-refractivity contribution < 1.29 is 5.48 Å². The zero-order chi connectivity index (χ0) is 10.6. The average molecular weight is 363 g/mol. The molecule has 0 heterocycles. The molecule has 4 bridgehead atoms.